The largest absolute Gasteiger partial charge is 0.496 e. The lowest BCUT2D eigenvalue weighted by molar-refractivity contribution is 0.0952. The smallest absolute Gasteiger partial charge is 0.251 e. The first kappa shape index (κ1) is 24.9. The summed E-state index contributed by atoms with van der Waals surface area (Å²) in [6.45, 7) is 5.13. The number of methoxy groups -OCH3 is 1. The van der Waals surface area contributed by atoms with Gasteiger partial charge in [-0.05, 0) is 87.0 Å². The number of fused-ring (bicyclic) bond motifs is 1. The molecule has 6 heteroatoms. The normalized spacial score (nSPS) is 15.0. The highest BCUT2D eigenvalue weighted by Crippen LogP contribution is 2.31. The number of ether oxygens (including phenoxy) is 1. The molecule has 6 nitrogen and oxygen atoms in total. The summed E-state index contributed by atoms with van der Waals surface area (Å²) in [6.07, 6.45) is 9.98. The molecule has 0 spiro atoms. The van der Waals surface area contributed by atoms with E-state index in [0.29, 0.717) is 24.0 Å². The molecule has 0 radical (unpaired) electrons. The third-order valence-electron chi connectivity index (χ3n) is 6.79. The van der Waals surface area contributed by atoms with Crippen LogP contribution >= 0.6 is 0 Å². The number of unbranched alkanes of at least 4 members (excludes halogenated alkanes) is 1. The van der Waals surface area contributed by atoms with Crippen LogP contribution in [0.2, 0.25) is 0 Å². The van der Waals surface area contributed by atoms with Crippen LogP contribution in [0.4, 0.5) is 0 Å². The van der Waals surface area contributed by atoms with Crippen molar-refractivity contribution >= 4 is 5.91 Å². The van der Waals surface area contributed by atoms with Gasteiger partial charge in [0.05, 0.1) is 7.11 Å². The zero-order chi connectivity index (χ0) is 24.5. The Balaban J connectivity index is 1.22. The van der Waals surface area contributed by atoms with Gasteiger partial charge in [-0.1, -0.05) is 31.2 Å². The minimum Gasteiger partial charge on any atom is -0.496 e. The molecular formula is C29H36N4O2. The van der Waals surface area contributed by atoms with Crippen molar-refractivity contribution in [1.29, 1.82) is 0 Å². The Bertz CT molecular complexity index is 1090. The molecule has 0 unspecified atom stereocenters. The third kappa shape index (κ3) is 6.45. The number of hydrogen-bond acceptors (Lipinski definition) is 5. The molecular weight excluding hydrogens is 436 g/mol. The van der Waals surface area contributed by atoms with Gasteiger partial charge in [0, 0.05) is 36.1 Å². The topological polar surface area (TPSA) is 67.4 Å². The van der Waals surface area contributed by atoms with Crippen molar-refractivity contribution in [2.75, 3.05) is 26.7 Å². The van der Waals surface area contributed by atoms with Crippen LogP contribution in [-0.2, 0) is 12.8 Å². The SMILES string of the molecule is CCCN(CCCCNC(=O)c1ccc(-c2ncccn2)cc1)[C@@H]1CCc2c(cccc2OC)C1. The second kappa shape index (κ2) is 12.5. The van der Waals surface area contributed by atoms with E-state index >= 15 is 0 Å². The number of rotatable bonds is 11. The van der Waals surface area contributed by atoms with Crippen molar-refractivity contribution < 1.29 is 9.53 Å². The molecule has 1 aliphatic carbocycles. The van der Waals surface area contributed by atoms with Crippen molar-refractivity contribution in [3.8, 4) is 17.1 Å². The maximum atomic E-state index is 12.5. The van der Waals surface area contributed by atoms with Gasteiger partial charge in [-0.3, -0.25) is 4.79 Å². The maximum Gasteiger partial charge on any atom is 0.251 e. The van der Waals surface area contributed by atoms with Crippen LogP contribution in [0.15, 0.2) is 60.9 Å². The minimum atomic E-state index is -0.0335. The molecule has 0 aliphatic heterocycles. The lowest BCUT2D eigenvalue weighted by Gasteiger charge is -2.35. The van der Waals surface area contributed by atoms with Crippen molar-refractivity contribution in [2.24, 2.45) is 0 Å². The molecule has 1 aromatic heterocycles. The van der Waals surface area contributed by atoms with E-state index in [-0.39, 0.29) is 5.91 Å². The van der Waals surface area contributed by atoms with Crippen LogP contribution in [0.25, 0.3) is 11.4 Å². The van der Waals surface area contributed by atoms with Crippen LogP contribution in [0.3, 0.4) is 0 Å². The highest BCUT2D eigenvalue weighted by molar-refractivity contribution is 5.94. The number of carbonyl (C=O) groups excluding carboxylic acids is 1. The number of carbonyl (C=O) groups is 1. The summed E-state index contributed by atoms with van der Waals surface area (Å²) in [5.74, 6) is 1.66. The zero-order valence-electron chi connectivity index (χ0n) is 20.9. The Kier molecular flexibility index (Phi) is 8.85. The summed E-state index contributed by atoms with van der Waals surface area (Å²) in [5, 5.41) is 3.07. The molecule has 0 saturated heterocycles. The van der Waals surface area contributed by atoms with Crippen LogP contribution in [-0.4, -0.2) is 53.6 Å². The van der Waals surface area contributed by atoms with Crippen LogP contribution in [0, 0.1) is 0 Å². The van der Waals surface area contributed by atoms with E-state index in [1.165, 1.54) is 17.5 Å². The van der Waals surface area contributed by atoms with Gasteiger partial charge >= 0.3 is 0 Å². The van der Waals surface area contributed by atoms with Gasteiger partial charge in [0.1, 0.15) is 5.75 Å². The monoisotopic (exact) mass is 472 g/mol. The van der Waals surface area contributed by atoms with Crippen molar-refractivity contribution in [2.45, 2.75) is 51.5 Å². The molecule has 4 rings (SSSR count). The second-order valence-corrected chi connectivity index (χ2v) is 9.14. The number of benzene rings is 2. The first-order valence-corrected chi connectivity index (χ1v) is 12.7. The van der Waals surface area contributed by atoms with Gasteiger partial charge in [-0.15, -0.1) is 0 Å². The summed E-state index contributed by atoms with van der Waals surface area (Å²) in [7, 11) is 1.76. The van der Waals surface area contributed by atoms with Gasteiger partial charge in [0.2, 0.25) is 0 Å². The fourth-order valence-electron chi connectivity index (χ4n) is 4.98. The molecule has 1 N–H and O–H groups in total. The van der Waals surface area contributed by atoms with E-state index < -0.39 is 0 Å². The molecule has 3 aromatic rings. The Morgan fingerprint density at radius 1 is 1.06 bits per heavy atom. The molecule has 1 aliphatic rings. The molecule has 1 atom stereocenters. The van der Waals surface area contributed by atoms with Crippen molar-refractivity contribution in [1.82, 2.24) is 20.2 Å². The fourth-order valence-corrected chi connectivity index (χ4v) is 4.98. The molecule has 1 amide bonds. The van der Waals surface area contributed by atoms with Crippen LogP contribution in [0.1, 0.15) is 54.1 Å². The third-order valence-corrected chi connectivity index (χ3v) is 6.79. The van der Waals surface area contributed by atoms with E-state index in [1.54, 1.807) is 25.6 Å². The van der Waals surface area contributed by atoms with Gasteiger partial charge < -0.3 is 15.0 Å². The molecule has 0 bridgehead atoms. The van der Waals surface area contributed by atoms with Gasteiger partial charge in [-0.25, -0.2) is 9.97 Å². The van der Waals surface area contributed by atoms with Gasteiger partial charge in [0.25, 0.3) is 5.91 Å². The lowest BCUT2D eigenvalue weighted by Crippen LogP contribution is -2.40. The Hall–Kier alpha value is -3.25. The summed E-state index contributed by atoms with van der Waals surface area (Å²) in [5.41, 5.74) is 4.38. The highest BCUT2D eigenvalue weighted by Gasteiger charge is 2.25. The number of amides is 1. The first-order valence-electron chi connectivity index (χ1n) is 12.7. The molecule has 1 heterocycles. The molecule has 35 heavy (non-hydrogen) atoms. The average Bonchev–Trinajstić information content (AvgIpc) is 2.92. The summed E-state index contributed by atoms with van der Waals surface area (Å²) in [6, 6.07) is 16.3. The van der Waals surface area contributed by atoms with E-state index in [4.69, 9.17) is 4.74 Å². The van der Waals surface area contributed by atoms with E-state index in [9.17, 15) is 4.79 Å². The van der Waals surface area contributed by atoms with E-state index in [2.05, 4.69) is 45.3 Å². The molecule has 184 valence electrons. The molecule has 2 aromatic carbocycles. The lowest BCUT2D eigenvalue weighted by atomic mass is 9.86. The number of hydrogen-bond donors (Lipinski definition) is 1. The summed E-state index contributed by atoms with van der Waals surface area (Å²) >= 11 is 0. The second-order valence-electron chi connectivity index (χ2n) is 9.14. The Morgan fingerprint density at radius 2 is 1.86 bits per heavy atom. The minimum absolute atomic E-state index is 0.0335. The van der Waals surface area contributed by atoms with E-state index in [1.807, 2.05) is 24.3 Å². The van der Waals surface area contributed by atoms with Crippen molar-refractivity contribution in [3.05, 3.63) is 77.6 Å². The maximum absolute atomic E-state index is 12.5. The predicted octanol–water partition coefficient (Wildman–Crippen LogP) is 4.93. The Labute approximate surface area is 208 Å². The van der Waals surface area contributed by atoms with E-state index in [0.717, 1.165) is 56.5 Å². The van der Waals surface area contributed by atoms with Crippen LogP contribution < -0.4 is 10.1 Å². The quantitative estimate of drug-likeness (QED) is 0.401. The molecule has 0 fully saturated rings. The summed E-state index contributed by atoms with van der Waals surface area (Å²) in [4.78, 5) is 23.7. The summed E-state index contributed by atoms with van der Waals surface area (Å²) < 4.78 is 5.57. The van der Waals surface area contributed by atoms with Crippen molar-refractivity contribution in [3.63, 3.8) is 0 Å². The predicted molar refractivity (Wildman–Crippen MR) is 140 cm³/mol. The number of nitrogens with one attached hydrogen (secondary N) is 1. The van der Waals surface area contributed by atoms with Gasteiger partial charge in [-0.2, -0.15) is 0 Å². The fraction of sp³-hybridized carbons (Fsp3) is 0.414. The van der Waals surface area contributed by atoms with Crippen LogP contribution in [0.5, 0.6) is 5.75 Å². The number of nitrogens with zero attached hydrogens (tertiary/aromatic N) is 3. The first-order chi connectivity index (χ1) is 17.2. The highest BCUT2D eigenvalue weighted by atomic mass is 16.5. The average molecular weight is 473 g/mol. The number of aromatic nitrogens is 2. The molecule has 0 saturated carbocycles. The zero-order valence-corrected chi connectivity index (χ0v) is 20.9. The van der Waals surface area contributed by atoms with Gasteiger partial charge in [0.15, 0.2) is 5.82 Å². The Morgan fingerprint density at radius 3 is 2.60 bits per heavy atom. The standard InChI is InChI=1S/C29H36N4O2/c1-3-19-33(25-14-15-26-24(21-25)8-6-9-27(26)35-2)20-5-4-16-32-29(34)23-12-10-22(11-13-23)28-30-17-7-18-31-28/h6-13,17-18,25H,3-5,14-16,19-21H2,1-2H3,(H,32,34)/t25-/m1/s1.